The lowest BCUT2D eigenvalue weighted by Crippen LogP contribution is -2.43. The van der Waals surface area contributed by atoms with E-state index in [-0.39, 0.29) is 17.3 Å². The van der Waals surface area contributed by atoms with Gasteiger partial charge in [0.2, 0.25) is 0 Å². The Bertz CT molecular complexity index is 1040. The van der Waals surface area contributed by atoms with Gasteiger partial charge in [-0.15, -0.1) is 0 Å². The van der Waals surface area contributed by atoms with Gasteiger partial charge >= 0.3 is 5.69 Å². The van der Waals surface area contributed by atoms with Crippen LogP contribution >= 0.6 is 15.9 Å². The molecule has 2 aromatic carbocycles. The molecule has 4 rings (SSSR count). The van der Waals surface area contributed by atoms with Crippen molar-refractivity contribution in [1.82, 2.24) is 9.13 Å². The van der Waals surface area contributed by atoms with E-state index in [0.717, 1.165) is 35.7 Å². The quantitative estimate of drug-likeness (QED) is 0.636. The second kappa shape index (κ2) is 7.23. The molecule has 3 aromatic rings. The Kier molecular flexibility index (Phi) is 4.81. The Morgan fingerprint density at radius 1 is 0.923 bits per heavy atom. The van der Waals surface area contributed by atoms with Gasteiger partial charge < -0.3 is 0 Å². The van der Waals surface area contributed by atoms with Crippen LogP contribution in [0.2, 0.25) is 0 Å². The molecule has 1 aromatic heterocycles. The molecule has 1 heterocycles. The predicted molar refractivity (Wildman–Crippen MR) is 108 cm³/mol. The van der Waals surface area contributed by atoms with Gasteiger partial charge in [0.15, 0.2) is 0 Å². The number of benzene rings is 2. The number of rotatable bonds is 3. The first-order chi connectivity index (χ1) is 12.6. The Labute approximate surface area is 160 Å². The van der Waals surface area contributed by atoms with E-state index in [1.807, 2.05) is 48.5 Å². The summed E-state index contributed by atoms with van der Waals surface area (Å²) < 4.78 is 4.26. The summed E-state index contributed by atoms with van der Waals surface area (Å²) in [6.45, 7) is 0.458. The maximum absolute atomic E-state index is 13.3. The molecule has 134 valence electrons. The summed E-state index contributed by atoms with van der Waals surface area (Å²) in [7, 11) is 0. The highest BCUT2D eigenvalue weighted by Crippen LogP contribution is 2.26. The summed E-state index contributed by atoms with van der Waals surface area (Å²) in [4.78, 5) is 26.3. The zero-order valence-electron chi connectivity index (χ0n) is 14.5. The largest absolute Gasteiger partial charge is 0.332 e. The van der Waals surface area contributed by atoms with Crippen molar-refractivity contribution in [2.45, 2.75) is 44.7 Å². The van der Waals surface area contributed by atoms with E-state index in [2.05, 4.69) is 15.9 Å². The smallest absolute Gasteiger partial charge is 0.289 e. The molecule has 26 heavy (non-hydrogen) atoms. The minimum absolute atomic E-state index is 0.0181. The van der Waals surface area contributed by atoms with Crippen LogP contribution in [0.25, 0.3) is 10.9 Å². The van der Waals surface area contributed by atoms with Gasteiger partial charge in [-0.05, 0) is 42.7 Å². The second-order valence-electron chi connectivity index (χ2n) is 6.98. The summed E-state index contributed by atoms with van der Waals surface area (Å²) in [5.41, 5.74) is 1.40. The van der Waals surface area contributed by atoms with Gasteiger partial charge in [-0.1, -0.05) is 59.5 Å². The molecule has 1 aliphatic carbocycles. The predicted octanol–water partition coefficient (Wildman–Crippen LogP) is 4.48. The molecule has 5 heteroatoms. The summed E-state index contributed by atoms with van der Waals surface area (Å²) in [5, 5.41) is 0.620. The van der Waals surface area contributed by atoms with Crippen molar-refractivity contribution in [3.05, 3.63) is 79.4 Å². The highest BCUT2D eigenvalue weighted by Gasteiger charge is 2.22. The fourth-order valence-electron chi connectivity index (χ4n) is 3.93. The number of aromatic nitrogens is 2. The first-order valence-corrected chi connectivity index (χ1v) is 9.93. The third-order valence-electron chi connectivity index (χ3n) is 5.27. The van der Waals surface area contributed by atoms with Gasteiger partial charge in [0.05, 0.1) is 17.4 Å². The van der Waals surface area contributed by atoms with Crippen LogP contribution in [0.3, 0.4) is 0 Å². The van der Waals surface area contributed by atoms with Crippen molar-refractivity contribution in [2.75, 3.05) is 0 Å². The van der Waals surface area contributed by atoms with Crippen molar-refractivity contribution in [3.63, 3.8) is 0 Å². The molecule has 0 N–H and O–H groups in total. The van der Waals surface area contributed by atoms with Crippen molar-refractivity contribution in [2.24, 2.45) is 0 Å². The molecule has 0 aliphatic heterocycles. The highest BCUT2D eigenvalue weighted by molar-refractivity contribution is 9.10. The number of para-hydroxylation sites is 1. The first-order valence-electron chi connectivity index (χ1n) is 9.13. The fraction of sp³-hybridized carbons (Fsp3) is 0.333. The fourth-order valence-corrected chi connectivity index (χ4v) is 4.19. The average Bonchev–Trinajstić information content (AvgIpc) is 2.68. The summed E-state index contributed by atoms with van der Waals surface area (Å²) in [6.07, 6.45) is 5.16. The highest BCUT2D eigenvalue weighted by atomic mass is 79.9. The molecule has 0 unspecified atom stereocenters. The van der Waals surface area contributed by atoms with Gasteiger partial charge in [0, 0.05) is 10.5 Å². The molecule has 0 amide bonds. The molecule has 0 bridgehead atoms. The number of hydrogen-bond acceptors (Lipinski definition) is 2. The molecule has 4 nitrogen and oxygen atoms in total. The van der Waals surface area contributed by atoms with Gasteiger partial charge in [0.25, 0.3) is 5.56 Å². The Hall–Kier alpha value is -2.14. The zero-order chi connectivity index (χ0) is 18.1. The van der Waals surface area contributed by atoms with E-state index in [9.17, 15) is 9.59 Å². The van der Waals surface area contributed by atoms with Crippen LogP contribution in [-0.4, -0.2) is 9.13 Å². The third kappa shape index (κ3) is 3.16. The van der Waals surface area contributed by atoms with E-state index >= 15 is 0 Å². The SMILES string of the molecule is O=c1c2ccccc2n(Cc2ccc(Br)cc2)c(=O)n1C1CCCCC1. The van der Waals surface area contributed by atoms with E-state index in [1.54, 1.807) is 4.57 Å². The van der Waals surface area contributed by atoms with Crippen LogP contribution in [0, 0.1) is 0 Å². The zero-order valence-corrected chi connectivity index (χ0v) is 16.1. The topological polar surface area (TPSA) is 44.0 Å². The van der Waals surface area contributed by atoms with Crippen molar-refractivity contribution in [1.29, 1.82) is 0 Å². The number of nitrogens with zero attached hydrogens (tertiary/aromatic N) is 2. The van der Waals surface area contributed by atoms with E-state index in [4.69, 9.17) is 0 Å². The molecular formula is C21H21BrN2O2. The van der Waals surface area contributed by atoms with Gasteiger partial charge in [-0.25, -0.2) is 4.79 Å². The molecular weight excluding hydrogens is 392 g/mol. The maximum Gasteiger partial charge on any atom is 0.332 e. The summed E-state index contributed by atoms with van der Waals surface area (Å²) in [5.74, 6) is 0. The van der Waals surface area contributed by atoms with Gasteiger partial charge in [0.1, 0.15) is 0 Å². The van der Waals surface area contributed by atoms with Crippen LogP contribution < -0.4 is 11.2 Å². The van der Waals surface area contributed by atoms with Crippen molar-refractivity contribution in [3.8, 4) is 0 Å². The number of hydrogen-bond donors (Lipinski definition) is 0. The molecule has 1 saturated carbocycles. The lowest BCUT2D eigenvalue weighted by atomic mass is 9.95. The third-order valence-corrected chi connectivity index (χ3v) is 5.80. The summed E-state index contributed by atoms with van der Waals surface area (Å²) >= 11 is 3.44. The first kappa shape index (κ1) is 17.3. The average molecular weight is 413 g/mol. The monoisotopic (exact) mass is 412 g/mol. The van der Waals surface area contributed by atoms with Crippen LogP contribution in [-0.2, 0) is 6.54 Å². The lowest BCUT2D eigenvalue weighted by Gasteiger charge is -2.24. The van der Waals surface area contributed by atoms with Gasteiger partial charge in [-0.3, -0.25) is 13.9 Å². The van der Waals surface area contributed by atoms with Crippen molar-refractivity contribution < 1.29 is 0 Å². The van der Waals surface area contributed by atoms with Gasteiger partial charge in [-0.2, -0.15) is 0 Å². The van der Waals surface area contributed by atoms with E-state index < -0.39 is 0 Å². The summed E-state index contributed by atoms with van der Waals surface area (Å²) in [6, 6.07) is 15.4. The van der Waals surface area contributed by atoms with Crippen LogP contribution in [0.1, 0.15) is 43.7 Å². The lowest BCUT2D eigenvalue weighted by molar-refractivity contribution is 0.333. The van der Waals surface area contributed by atoms with Crippen LogP contribution in [0.15, 0.2) is 62.6 Å². The molecule has 0 saturated heterocycles. The maximum atomic E-state index is 13.3. The minimum atomic E-state index is -0.191. The Morgan fingerprint density at radius 3 is 2.35 bits per heavy atom. The Morgan fingerprint density at radius 2 is 1.62 bits per heavy atom. The normalized spacial score (nSPS) is 15.4. The number of fused-ring (bicyclic) bond motifs is 1. The minimum Gasteiger partial charge on any atom is -0.289 e. The molecule has 0 atom stereocenters. The molecule has 0 radical (unpaired) electrons. The molecule has 1 aliphatic rings. The van der Waals surface area contributed by atoms with E-state index in [0.29, 0.717) is 17.4 Å². The molecule has 1 fully saturated rings. The Balaban J connectivity index is 1.91. The standard InChI is InChI=1S/C21H21BrN2O2/c22-16-12-10-15(11-13-16)14-23-19-9-5-4-8-18(19)20(25)24(21(23)26)17-6-2-1-3-7-17/h4-5,8-13,17H,1-3,6-7,14H2. The van der Waals surface area contributed by atoms with Crippen LogP contribution in [0.5, 0.6) is 0 Å². The molecule has 0 spiro atoms. The van der Waals surface area contributed by atoms with E-state index in [1.165, 1.54) is 11.0 Å². The van der Waals surface area contributed by atoms with Crippen molar-refractivity contribution >= 4 is 26.8 Å². The number of halogens is 1. The second-order valence-corrected chi connectivity index (χ2v) is 7.89. The van der Waals surface area contributed by atoms with Crippen LogP contribution in [0.4, 0.5) is 0 Å².